The minimum Gasteiger partial charge on any atom is -0.445 e. The van der Waals surface area contributed by atoms with Crippen molar-refractivity contribution in [3.05, 3.63) is 71.8 Å². The summed E-state index contributed by atoms with van der Waals surface area (Å²) in [7, 11) is 0. The van der Waals surface area contributed by atoms with Crippen LogP contribution in [0.2, 0.25) is 0 Å². The number of hydrogen-bond acceptors (Lipinski definition) is 2. The van der Waals surface area contributed by atoms with Crippen LogP contribution in [0.5, 0.6) is 0 Å². The van der Waals surface area contributed by atoms with Crippen molar-refractivity contribution in [1.82, 2.24) is 5.32 Å². The lowest BCUT2D eigenvalue weighted by atomic mass is 10.0. The van der Waals surface area contributed by atoms with Gasteiger partial charge in [-0.15, -0.1) is 0 Å². The lowest BCUT2D eigenvalue weighted by Crippen LogP contribution is -2.36. The Balaban J connectivity index is 1.80. The van der Waals surface area contributed by atoms with Crippen LogP contribution in [0.3, 0.4) is 0 Å². The molecule has 2 aromatic rings. The van der Waals surface area contributed by atoms with Gasteiger partial charge in [0.1, 0.15) is 6.61 Å². The predicted octanol–water partition coefficient (Wildman–Crippen LogP) is 3.93. The lowest BCUT2D eigenvalue weighted by Gasteiger charge is -2.17. The van der Waals surface area contributed by atoms with E-state index in [0.29, 0.717) is 6.61 Å². The Hall–Kier alpha value is -2.29. The maximum absolute atomic E-state index is 11.8. The van der Waals surface area contributed by atoms with Crippen molar-refractivity contribution in [3.63, 3.8) is 0 Å². The lowest BCUT2D eigenvalue weighted by molar-refractivity contribution is 0.135. The number of ether oxygens (including phenoxy) is 1. The zero-order chi connectivity index (χ0) is 14.9. The number of carbonyl (C=O) groups is 1. The topological polar surface area (TPSA) is 38.3 Å². The van der Waals surface area contributed by atoms with Crippen LogP contribution in [0, 0.1) is 0 Å². The SMILES string of the molecule is CCC(Cc1ccccc1)NC(=O)OCc1ccccc1. The third kappa shape index (κ3) is 5.30. The van der Waals surface area contributed by atoms with Crippen molar-refractivity contribution in [1.29, 1.82) is 0 Å². The van der Waals surface area contributed by atoms with Crippen LogP contribution in [0.1, 0.15) is 24.5 Å². The van der Waals surface area contributed by atoms with Gasteiger partial charge in [0.05, 0.1) is 0 Å². The third-order valence-corrected chi connectivity index (χ3v) is 3.35. The summed E-state index contributed by atoms with van der Waals surface area (Å²) in [4.78, 5) is 11.8. The molecule has 0 saturated carbocycles. The smallest absolute Gasteiger partial charge is 0.407 e. The molecule has 1 amide bonds. The molecule has 0 aliphatic rings. The van der Waals surface area contributed by atoms with Crippen LogP contribution in [-0.4, -0.2) is 12.1 Å². The molecule has 0 saturated heterocycles. The zero-order valence-corrected chi connectivity index (χ0v) is 12.3. The summed E-state index contributed by atoms with van der Waals surface area (Å²) in [5, 5.41) is 2.92. The van der Waals surface area contributed by atoms with Gasteiger partial charge in [-0.25, -0.2) is 4.79 Å². The number of hydrogen-bond donors (Lipinski definition) is 1. The number of rotatable bonds is 6. The van der Waals surface area contributed by atoms with Gasteiger partial charge in [0.25, 0.3) is 0 Å². The minimum absolute atomic E-state index is 0.0932. The second-order valence-electron chi connectivity index (χ2n) is 5.00. The Morgan fingerprint density at radius 1 is 1.00 bits per heavy atom. The van der Waals surface area contributed by atoms with Gasteiger partial charge in [-0.2, -0.15) is 0 Å². The van der Waals surface area contributed by atoms with Gasteiger partial charge in [0.15, 0.2) is 0 Å². The molecule has 2 rings (SSSR count). The predicted molar refractivity (Wildman–Crippen MR) is 84.0 cm³/mol. The summed E-state index contributed by atoms with van der Waals surface area (Å²) in [6.45, 7) is 2.36. The fourth-order valence-corrected chi connectivity index (χ4v) is 2.13. The number of amides is 1. The quantitative estimate of drug-likeness (QED) is 0.872. The number of nitrogens with one attached hydrogen (secondary N) is 1. The van der Waals surface area contributed by atoms with E-state index in [4.69, 9.17) is 4.74 Å². The fourth-order valence-electron chi connectivity index (χ4n) is 2.13. The van der Waals surface area contributed by atoms with E-state index < -0.39 is 0 Å². The Morgan fingerprint density at radius 2 is 1.57 bits per heavy atom. The Bertz CT molecular complexity index is 540. The molecule has 0 heterocycles. The van der Waals surface area contributed by atoms with E-state index in [1.54, 1.807) is 0 Å². The van der Waals surface area contributed by atoms with Crippen molar-refractivity contribution < 1.29 is 9.53 Å². The van der Waals surface area contributed by atoms with Gasteiger partial charge < -0.3 is 10.1 Å². The van der Waals surface area contributed by atoms with Crippen LogP contribution in [0.25, 0.3) is 0 Å². The Kier molecular flexibility index (Phi) is 5.83. The van der Waals surface area contributed by atoms with E-state index in [-0.39, 0.29) is 12.1 Å². The molecule has 0 aliphatic carbocycles. The molecule has 2 aromatic carbocycles. The van der Waals surface area contributed by atoms with Crippen LogP contribution in [-0.2, 0) is 17.8 Å². The third-order valence-electron chi connectivity index (χ3n) is 3.35. The second kappa shape index (κ2) is 8.10. The van der Waals surface area contributed by atoms with Crippen molar-refractivity contribution in [2.24, 2.45) is 0 Å². The largest absolute Gasteiger partial charge is 0.445 e. The van der Waals surface area contributed by atoms with Crippen molar-refractivity contribution >= 4 is 6.09 Å². The summed E-state index contributed by atoms with van der Waals surface area (Å²) < 4.78 is 5.25. The molecule has 21 heavy (non-hydrogen) atoms. The highest BCUT2D eigenvalue weighted by atomic mass is 16.5. The summed E-state index contributed by atoms with van der Waals surface area (Å²) in [5.74, 6) is 0. The Labute approximate surface area is 126 Å². The van der Waals surface area contributed by atoms with E-state index in [2.05, 4.69) is 24.4 Å². The van der Waals surface area contributed by atoms with E-state index in [9.17, 15) is 4.79 Å². The summed E-state index contributed by atoms with van der Waals surface area (Å²) in [6.07, 6.45) is 1.33. The first-order valence-electron chi connectivity index (χ1n) is 7.29. The highest BCUT2D eigenvalue weighted by Crippen LogP contribution is 2.06. The van der Waals surface area contributed by atoms with Crippen LogP contribution in [0.4, 0.5) is 4.79 Å². The van der Waals surface area contributed by atoms with Crippen LogP contribution in [0.15, 0.2) is 60.7 Å². The molecule has 1 unspecified atom stereocenters. The fraction of sp³-hybridized carbons (Fsp3) is 0.278. The van der Waals surface area contributed by atoms with Crippen molar-refractivity contribution in [2.45, 2.75) is 32.4 Å². The molecule has 3 nitrogen and oxygen atoms in total. The first kappa shape index (κ1) is 15.1. The van der Waals surface area contributed by atoms with Crippen LogP contribution < -0.4 is 5.32 Å². The van der Waals surface area contributed by atoms with Gasteiger partial charge in [-0.05, 0) is 24.0 Å². The van der Waals surface area contributed by atoms with Crippen molar-refractivity contribution in [2.75, 3.05) is 0 Å². The molecule has 0 spiro atoms. The average molecular weight is 283 g/mol. The first-order chi connectivity index (χ1) is 10.3. The highest BCUT2D eigenvalue weighted by Gasteiger charge is 2.12. The first-order valence-corrected chi connectivity index (χ1v) is 7.29. The number of alkyl carbamates (subject to hydrolysis) is 1. The van der Waals surface area contributed by atoms with Crippen LogP contribution >= 0.6 is 0 Å². The maximum atomic E-state index is 11.8. The molecule has 0 fully saturated rings. The van der Waals surface area contributed by atoms with Gasteiger partial charge in [0.2, 0.25) is 0 Å². The summed E-state index contributed by atoms with van der Waals surface area (Å²) >= 11 is 0. The van der Waals surface area contributed by atoms with E-state index in [0.717, 1.165) is 18.4 Å². The molecule has 0 bridgehead atoms. The molecule has 0 aromatic heterocycles. The molecule has 3 heteroatoms. The molecule has 1 N–H and O–H groups in total. The molecule has 0 aliphatic heterocycles. The monoisotopic (exact) mass is 283 g/mol. The van der Waals surface area contributed by atoms with Gasteiger partial charge in [-0.1, -0.05) is 67.6 Å². The Morgan fingerprint density at radius 3 is 2.14 bits per heavy atom. The molecular formula is C18H21NO2. The molecule has 0 radical (unpaired) electrons. The van der Waals surface area contributed by atoms with Crippen molar-refractivity contribution in [3.8, 4) is 0 Å². The zero-order valence-electron chi connectivity index (χ0n) is 12.3. The minimum atomic E-state index is -0.360. The standard InChI is InChI=1S/C18H21NO2/c1-2-17(13-15-9-5-3-6-10-15)19-18(20)21-14-16-11-7-4-8-12-16/h3-12,17H,2,13-14H2,1H3,(H,19,20). The highest BCUT2D eigenvalue weighted by molar-refractivity contribution is 5.67. The van der Waals surface area contributed by atoms with Gasteiger partial charge in [0, 0.05) is 6.04 Å². The molecule has 110 valence electrons. The van der Waals surface area contributed by atoms with Gasteiger partial charge in [-0.3, -0.25) is 0 Å². The average Bonchev–Trinajstić information content (AvgIpc) is 2.54. The normalized spacial score (nSPS) is 11.7. The summed E-state index contributed by atoms with van der Waals surface area (Å²) in [5.41, 5.74) is 2.21. The molecule has 1 atom stereocenters. The summed E-state index contributed by atoms with van der Waals surface area (Å²) in [6, 6.07) is 19.9. The number of benzene rings is 2. The van der Waals surface area contributed by atoms with E-state index in [1.807, 2.05) is 48.5 Å². The van der Waals surface area contributed by atoms with E-state index in [1.165, 1.54) is 5.56 Å². The molecular weight excluding hydrogens is 262 g/mol. The second-order valence-corrected chi connectivity index (χ2v) is 5.00. The van der Waals surface area contributed by atoms with Gasteiger partial charge >= 0.3 is 6.09 Å². The van der Waals surface area contributed by atoms with E-state index >= 15 is 0 Å². The maximum Gasteiger partial charge on any atom is 0.407 e. The number of carbonyl (C=O) groups excluding carboxylic acids is 1.